The van der Waals surface area contributed by atoms with Crippen LogP contribution in [0.25, 0.3) is 0 Å². The monoisotopic (exact) mass is 433 g/mol. The van der Waals surface area contributed by atoms with Crippen molar-refractivity contribution in [2.24, 2.45) is 0 Å². The molecule has 5 nitrogen and oxygen atoms in total. The lowest BCUT2D eigenvalue weighted by Crippen LogP contribution is -2.35. The van der Waals surface area contributed by atoms with Crippen LogP contribution < -0.4 is 5.56 Å². The molecule has 0 saturated carbocycles. The predicted octanol–water partition coefficient (Wildman–Crippen LogP) is 3.44. The van der Waals surface area contributed by atoms with E-state index in [1.54, 1.807) is 0 Å². The molecule has 0 spiro atoms. The van der Waals surface area contributed by atoms with Crippen LogP contribution in [0.15, 0.2) is 59.7 Å². The minimum Gasteiger partial charge on any atom is -0.379 e. The van der Waals surface area contributed by atoms with Crippen LogP contribution in [0.3, 0.4) is 0 Å². The molecular formula is C25H24ClN3O2. The predicted molar refractivity (Wildman–Crippen MR) is 122 cm³/mol. The maximum Gasteiger partial charge on any atom is 0.269 e. The van der Waals surface area contributed by atoms with Crippen LogP contribution in [-0.4, -0.2) is 41.2 Å². The number of aryl methyl sites for hydroxylation is 2. The molecule has 1 N–H and O–H groups in total. The topological polar surface area (TPSA) is 58.2 Å². The van der Waals surface area contributed by atoms with Gasteiger partial charge in [-0.2, -0.15) is 0 Å². The second-order valence-corrected chi connectivity index (χ2v) is 7.90. The van der Waals surface area contributed by atoms with Crippen molar-refractivity contribution in [3.8, 4) is 11.8 Å². The molecule has 1 fully saturated rings. The Kier molecular flexibility index (Phi) is 7.16. The third-order valence-electron chi connectivity index (χ3n) is 5.29. The largest absolute Gasteiger partial charge is 0.379 e. The summed E-state index contributed by atoms with van der Waals surface area (Å²) in [5, 5.41) is 0.168. The zero-order chi connectivity index (χ0) is 21.5. The number of benzene rings is 2. The van der Waals surface area contributed by atoms with E-state index in [0.29, 0.717) is 12.1 Å². The van der Waals surface area contributed by atoms with Gasteiger partial charge in [-0.3, -0.25) is 9.69 Å². The average Bonchev–Trinajstić information content (AvgIpc) is 2.81. The molecule has 0 atom stereocenters. The molecule has 0 amide bonds. The van der Waals surface area contributed by atoms with Crippen LogP contribution in [0.2, 0.25) is 5.02 Å². The zero-order valence-corrected chi connectivity index (χ0v) is 18.0. The first-order valence-electron chi connectivity index (χ1n) is 10.4. The van der Waals surface area contributed by atoms with Gasteiger partial charge in [0.1, 0.15) is 5.02 Å². The first-order valence-corrected chi connectivity index (χ1v) is 10.8. The Morgan fingerprint density at radius 1 is 0.935 bits per heavy atom. The lowest BCUT2D eigenvalue weighted by molar-refractivity contribution is 0.0342. The summed E-state index contributed by atoms with van der Waals surface area (Å²) in [5.74, 6) is 6.46. The first kappa shape index (κ1) is 21.3. The van der Waals surface area contributed by atoms with Crippen molar-refractivity contribution in [2.75, 3.05) is 26.3 Å². The van der Waals surface area contributed by atoms with Gasteiger partial charge in [-0.25, -0.2) is 4.98 Å². The van der Waals surface area contributed by atoms with E-state index in [1.165, 1.54) is 11.9 Å². The van der Waals surface area contributed by atoms with Gasteiger partial charge in [0.25, 0.3) is 5.56 Å². The highest BCUT2D eigenvalue weighted by molar-refractivity contribution is 6.30. The molecule has 6 heteroatoms. The zero-order valence-electron chi connectivity index (χ0n) is 17.2. The maximum absolute atomic E-state index is 11.5. The standard InChI is InChI=1S/C25H24ClN3O2/c26-24-23(27-18-28-25(24)30)12-11-21-5-3-19(4-6-21)1-2-20-7-9-22(10-8-20)17-29-13-15-31-16-14-29/h3-10,18H,11-17H2,(H,27,28,30). The van der Waals surface area contributed by atoms with Gasteiger partial charge in [-0.05, 0) is 48.2 Å². The van der Waals surface area contributed by atoms with E-state index in [1.807, 2.05) is 12.1 Å². The van der Waals surface area contributed by atoms with Gasteiger partial charge in [0.15, 0.2) is 0 Å². The van der Waals surface area contributed by atoms with Crippen LogP contribution in [0.4, 0.5) is 0 Å². The second kappa shape index (κ2) is 10.4. The van der Waals surface area contributed by atoms with Gasteiger partial charge in [0, 0.05) is 30.8 Å². The normalized spacial score (nSPS) is 14.1. The van der Waals surface area contributed by atoms with Crippen LogP contribution in [-0.2, 0) is 24.1 Å². The Hall–Kier alpha value is -2.91. The van der Waals surface area contributed by atoms with E-state index in [9.17, 15) is 4.79 Å². The van der Waals surface area contributed by atoms with Crippen molar-refractivity contribution in [2.45, 2.75) is 19.4 Å². The van der Waals surface area contributed by atoms with Crippen LogP contribution in [0.1, 0.15) is 27.9 Å². The molecule has 4 rings (SSSR count). The van der Waals surface area contributed by atoms with Gasteiger partial charge in [0.2, 0.25) is 0 Å². The second-order valence-electron chi connectivity index (χ2n) is 7.52. The Balaban J connectivity index is 1.33. The third kappa shape index (κ3) is 6.05. The minimum absolute atomic E-state index is 0.168. The number of H-pyrrole nitrogens is 1. The fourth-order valence-electron chi connectivity index (χ4n) is 3.47. The van der Waals surface area contributed by atoms with Gasteiger partial charge >= 0.3 is 0 Å². The molecule has 0 bridgehead atoms. The number of rotatable bonds is 5. The van der Waals surface area contributed by atoms with Gasteiger partial charge in [0.05, 0.1) is 25.2 Å². The highest BCUT2D eigenvalue weighted by Crippen LogP contribution is 2.12. The minimum atomic E-state index is -0.300. The van der Waals surface area contributed by atoms with Crippen LogP contribution in [0, 0.1) is 11.8 Å². The Labute approximate surface area is 187 Å². The Bertz CT molecular complexity index is 1120. The van der Waals surface area contributed by atoms with Crippen molar-refractivity contribution in [3.05, 3.63) is 98.2 Å². The molecule has 1 aliphatic rings. The third-order valence-corrected chi connectivity index (χ3v) is 5.68. The van der Waals surface area contributed by atoms with Crippen molar-refractivity contribution < 1.29 is 4.74 Å². The summed E-state index contributed by atoms with van der Waals surface area (Å²) in [6.45, 7) is 4.57. The number of morpholine rings is 1. The molecule has 3 aromatic rings. The van der Waals surface area contributed by atoms with Crippen LogP contribution in [0.5, 0.6) is 0 Å². The molecule has 0 unspecified atom stereocenters. The van der Waals surface area contributed by atoms with E-state index < -0.39 is 0 Å². The summed E-state index contributed by atoms with van der Waals surface area (Å²) in [4.78, 5) is 20.6. The molecule has 2 aromatic carbocycles. The molecule has 31 heavy (non-hydrogen) atoms. The lowest BCUT2D eigenvalue weighted by Gasteiger charge is -2.26. The van der Waals surface area contributed by atoms with Crippen molar-refractivity contribution >= 4 is 11.6 Å². The number of aromatic amines is 1. The number of hydrogen-bond donors (Lipinski definition) is 1. The molecule has 1 aliphatic heterocycles. The van der Waals surface area contributed by atoms with E-state index in [-0.39, 0.29) is 10.6 Å². The van der Waals surface area contributed by atoms with E-state index in [2.05, 4.69) is 63.1 Å². The number of nitrogens with one attached hydrogen (secondary N) is 1. The number of ether oxygens (including phenoxy) is 1. The fraction of sp³-hybridized carbons (Fsp3) is 0.280. The first-order chi connectivity index (χ1) is 15.2. The number of hydrogen-bond acceptors (Lipinski definition) is 4. The van der Waals surface area contributed by atoms with E-state index >= 15 is 0 Å². The molecule has 1 saturated heterocycles. The summed E-state index contributed by atoms with van der Waals surface area (Å²) in [6, 6.07) is 16.6. The number of aromatic nitrogens is 2. The quantitative estimate of drug-likeness (QED) is 0.626. The van der Waals surface area contributed by atoms with Gasteiger partial charge in [-0.15, -0.1) is 0 Å². The lowest BCUT2D eigenvalue weighted by atomic mass is 10.1. The molecule has 2 heterocycles. The van der Waals surface area contributed by atoms with Crippen molar-refractivity contribution in [1.82, 2.24) is 14.9 Å². The summed E-state index contributed by atoms with van der Waals surface area (Å²) in [5.41, 5.74) is 4.74. The van der Waals surface area contributed by atoms with E-state index in [4.69, 9.17) is 16.3 Å². The molecule has 0 aliphatic carbocycles. The number of halogens is 1. The summed E-state index contributed by atoms with van der Waals surface area (Å²) in [7, 11) is 0. The average molecular weight is 434 g/mol. The SMILES string of the molecule is O=c1[nH]cnc(CCc2ccc(C#Cc3ccc(CN4CCOCC4)cc3)cc2)c1Cl. The Morgan fingerprint density at radius 3 is 2.19 bits per heavy atom. The fourth-order valence-corrected chi connectivity index (χ4v) is 3.66. The Morgan fingerprint density at radius 2 is 1.55 bits per heavy atom. The van der Waals surface area contributed by atoms with E-state index in [0.717, 1.165) is 56.0 Å². The smallest absolute Gasteiger partial charge is 0.269 e. The maximum atomic E-state index is 11.5. The molecule has 158 valence electrons. The van der Waals surface area contributed by atoms with Gasteiger partial charge in [-0.1, -0.05) is 47.7 Å². The molecule has 0 radical (unpaired) electrons. The van der Waals surface area contributed by atoms with Crippen molar-refractivity contribution in [1.29, 1.82) is 0 Å². The molecule has 1 aromatic heterocycles. The summed E-state index contributed by atoms with van der Waals surface area (Å²) >= 11 is 6.01. The summed E-state index contributed by atoms with van der Waals surface area (Å²) < 4.78 is 5.40. The number of nitrogens with zero attached hydrogens (tertiary/aromatic N) is 2. The highest BCUT2D eigenvalue weighted by Gasteiger charge is 2.10. The van der Waals surface area contributed by atoms with Gasteiger partial charge < -0.3 is 9.72 Å². The van der Waals surface area contributed by atoms with Crippen LogP contribution >= 0.6 is 11.6 Å². The molecular weight excluding hydrogens is 410 g/mol. The highest BCUT2D eigenvalue weighted by atomic mass is 35.5. The van der Waals surface area contributed by atoms with Crippen molar-refractivity contribution in [3.63, 3.8) is 0 Å². The summed E-state index contributed by atoms with van der Waals surface area (Å²) in [6.07, 6.45) is 2.76.